The number of carbonyl (C=O) groups is 2. The van der Waals surface area contributed by atoms with E-state index in [1.165, 1.54) is 6.08 Å². The van der Waals surface area contributed by atoms with E-state index in [-0.39, 0.29) is 0 Å². The molecule has 0 aromatic carbocycles. The molecule has 0 radical (unpaired) electrons. The van der Waals surface area contributed by atoms with Gasteiger partial charge in [0.2, 0.25) is 0 Å². The molecule has 0 saturated carbocycles. The molecular formula is C7H12NO3P. The lowest BCUT2D eigenvalue weighted by Crippen LogP contribution is -2.29. The van der Waals surface area contributed by atoms with Gasteiger partial charge in [0.05, 0.1) is 0 Å². The van der Waals surface area contributed by atoms with Gasteiger partial charge in [-0.15, -0.1) is 0 Å². The summed E-state index contributed by atoms with van der Waals surface area (Å²) in [4.78, 5) is 20.3. The van der Waals surface area contributed by atoms with Crippen LogP contribution in [0.3, 0.4) is 0 Å². The van der Waals surface area contributed by atoms with Crippen molar-refractivity contribution in [3.63, 3.8) is 0 Å². The van der Waals surface area contributed by atoms with E-state index in [9.17, 15) is 9.59 Å². The number of hydrogen-bond donors (Lipinski definition) is 2. The zero-order valence-corrected chi connectivity index (χ0v) is 7.72. The van der Waals surface area contributed by atoms with Crippen LogP contribution in [0.25, 0.3) is 0 Å². The van der Waals surface area contributed by atoms with Crippen molar-refractivity contribution < 1.29 is 14.7 Å². The molecule has 0 aromatic rings. The minimum atomic E-state index is -0.885. The number of hydrogen-bond acceptors (Lipinski definition) is 3. The predicted molar refractivity (Wildman–Crippen MR) is 48.7 cm³/mol. The molecule has 0 bridgehead atoms. The van der Waals surface area contributed by atoms with Crippen molar-refractivity contribution in [1.29, 1.82) is 0 Å². The third-order valence-electron chi connectivity index (χ3n) is 1.34. The SMILES string of the molecule is O=C/C=C/CC[C@H](NP)C(=O)O. The van der Waals surface area contributed by atoms with Crippen LogP contribution in [-0.4, -0.2) is 23.4 Å². The fourth-order valence-electron chi connectivity index (χ4n) is 0.693. The molecule has 0 spiro atoms. The van der Waals surface area contributed by atoms with Gasteiger partial charge in [0.15, 0.2) is 0 Å². The van der Waals surface area contributed by atoms with Crippen LogP contribution in [0, 0.1) is 0 Å². The van der Waals surface area contributed by atoms with Crippen LogP contribution in [0.4, 0.5) is 0 Å². The third-order valence-corrected chi connectivity index (χ3v) is 1.74. The molecule has 0 saturated heterocycles. The zero-order chi connectivity index (χ0) is 9.40. The quantitative estimate of drug-likeness (QED) is 0.359. The van der Waals surface area contributed by atoms with E-state index in [1.807, 2.05) is 0 Å². The Hall–Kier alpha value is -0.730. The number of carboxylic acids is 1. The Morgan fingerprint density at radius 2 is 2.33 bits per heavy atom. The van der Waals surface area contributed by atoms with Crippen molar-refractivity contribution in [3.8, 4) is 0 Å². The average Bonchev–Trinajstić information content (AvgIpc) is 2.04. The molecule has 0 heterocycles. The molecule has 2 N–H and O–H groups in total. The van der Waals surface area contributed by atoms with Gasteiger partial charge in [0, 0.05) is 0 Å². The minimum absolute atomic E-state index is 0.475. The van der Waals surface area contributed by atoms with Gasteiger partial charge in [-0.1, -0.05) is 15.5 Å². The molecule has 0 fully saturated rings. The molecule has 2 atom stereocenters. The Morgan fingerprint density at radius 3 is 2.75 bits per heavy atom. The summed E-state index contributed by atoms with van der Waals surface area (Å²) >= 11 is 0. The van der Waals surface area contributed by atoms with Crippen LogP contribution in [0.5, 0.6) is 0 Å². The lowest BCUT2D eigenvalue weighted by atomic mass is 10.1. The molecule has 0 amide bonds. The topological polar surface area (TPSA) is 66.4 Å². The smallest absolute Gasteiger partial charge is 0.320 e. The summed E-state index contributed by atoms with van der Waals surface area (Å²) in [5.74, 6) is -0.885. The molecule has 5 heteroatoms. The monoisotopic (exact) mass is 189 g/mol. The fraction of sp³-hybridized carbons (Fsp3) is 0.429. The van der Waals surface area contributed by atoms with Crippen LogP contribution in [0.15, 0.2) is 12.2 Å². The largest absolute Gasteiger partial charge is 0.480 e. The molecule has 68 valence electrons. The maximum atomic E-state index is 10.4. The zero-order valence-electron chi connectivity index (χ0n) is 6.56. The first-order valence-corrected chi connectivity index (χ1v) is 4.09. The fourth-order valence-corrected chi connectivity index (χ4v) is 1.00. The first-order valence-electron chi connectivity index (χ1n) is 3.51. The summed E-state index contributed by atoms with van der Waals surface area (Å²) in [6.45, 7) is 0. The van der Waals surface area contributed by atoms with Crippen LogP contribution >= 0.6 is 9.39 Å². The summed E-state index contributed by atoms with van der Waals surface area (Å²) in [6.07, 6.45) is 4.73. The molecule has 0 aliphatic heterocycles. The second-order valence-electron chi connectivity index (χ2n) is 2.20. The van der Waals surface area contributed by atoms with Crippen LogP contribution in [0.1, 0.15) is 12.8 Å². The highest BCUT2D eigenvalue weighted by Gasteiger charge is 2.12. The van der Waals surface area contributed by atoms with E-state index in [0.29, 0.717) is 19.1 Å². The van der Waals surface area contributed by atoms with Crippen LogP contribution in [0.2, 0.25) is 0 Å². The number of rotatable bonds is 6. The molecule has 12 heavy (non-hydrogen) atoms. The van der Waals surface area contributed by atoms with Gasteiger partial charge in [-0.2, -0.15) is 0 Å². The lowest BCUT2D eigenvalue weighted by Gasteiger charge is -2.07. The van der Waals surface area contributed by atoms with Crippen molar-refractivity contribution in [1.82, 2.24) is 5.09 Å². The van der Waals surface area contributed by atoms with Gasteiger partial charge in [0.1, 0.15) is 12.3 Å². The summed E-state index contributed by atoms with van der Waals surface area (Å²) in [6, 6.07) is -0.564. The Kier molecular flexibility index (Phi) is 6.53. The Labute approximate surface area is 73.3 Å². The van der Waals surface area contributed by atoms with Crippen molar-refractivity contribution in [2.24, 2.45) is 0 Å². The van der Waals surface area contributed by atoms with Gasteiger partial charge in [-0.05, 0) is 18.9 Å². The second-order valence-corrected chi connectivity index (χ2v) is 2.53. The molecular weight excluding hydrogens is 177 g/mol. The maximum absolute atomic E-state index is 10.4. The second kappa shape index (κ2) is 6.95. The normalized spacial score (nSPS) is 13.1. The van der Waals surface area contributed by atoms with Gasteiger partial charge in [-0.3, -0.25) is 14.7 Å². The van der Waals surface area contributed by atoms with E-state index in [0.717, 1.165) is 0 Å². The van der Waals surface area contributed by atoms with Gasteiger partial charge in [0.25, 0.3) is 0 Å². The summed E-state index contributed by atoms with van der Waals surface area (Å²) in [5, 5.41) is 11.1. The minimum Gasteiger partial charge on any atom is -0.480 e. The number of nitrogens with one attached hydrogen (secondary N) is 1. The van der Waals surface area contributed by atoms with Crippen molar-refractivity contribution in [2.75, 3.05) is 0 Å². The van der Waals surface area contributed by atoms with Crippen molar-refractivity contribution >= 4 is 21.6 Å². The highest BCUT2D eigenvalue weighted by atomic mass is 31.0. The number of carboxylic acid groups (broad SMARTS) is 1. The lowest BCUT2D eigenvalue weighted by molar-refractivity contribution is -0.139. The van der Waals surface area contributed by atoms with E-state index < -0.39 is 12.0 Å². The predicted octanol–water partition coefficient (Wildman–Crippen LogP) is 0.355. The molecule has 0 aromatic heterocycles. The number of allylic oxidation sites excluding steroid dienone is 2. The van der Waals surface area contributed by atoms with Gasteiger partial charge >= 0.3 is 5.97 Å². The van der Waals surface area contributed by atoms with Gasteiger partial charge in [-0.25, -0.2) is 0 Å². The van der Waals surface area contributed by atoms with E-state index >= 15 is 0 Å². The Morgan fingerprint density at radius 1 is 1.67 bits per heavy atom. The van der Waals surface area contributed by atoms with Gasteiger partial charge < -0.3 is 5.11 Å². The molecule has 4 nitrogen and oxygen atoms in total. The van der Waals surface area contributed by atoms with E-state index in [1.54, 1.807) is 6.08 Å². The molecule has 0 aliphatic rings. The first kappa shape index (κ1) is 11.3. The Balaban J connectivity index is 3.65. The standard InChI is InChI=1S/C7H12NO3P/c9-5-3-1-2-4-6(8-12)7(10)11/h1,3,5-6,8H,2,4,12H2,(H,10,11)/b3-1+/t6-/m0/s1. The van der Waals surface area contributed by atoms with Crippen LogP contribution in [-0.2, 0) is 9.59 Å². The number of aliphatic carboxylic acids is 1. The Bertz CT molecular complexity index is 181. The van der Waals surface area contributed by atoms with E-state index in [4.69, 9.17) is 5.11 Å². The van der Waals surface area contributed by atoms with Crippen molar-refractivity contribution in [3.05, 3.63) is 12.2 Å². The molecule has 0 aliphatic carbocycles. The first-order chi connectivity index (χ1) is 5.72. The highest BCUT2D eigenvalue weighted by molar-refractivity contribution is 7.13. The van der Waals surface area contributed by atoms with E-state index in [2.05, 4.69) is 14.5 Å². The maximum Gasteiger partial charge on any atom is 0.320 e. The molecule has 1 unspecified atom stereocenters. The summed E-state index contributed by atoms with van der Waals surface area (Å²) in [7, 11) is 2.16. The molecule has 0 rings (SSSR count). The number of aldehydes is 1. The van der Waals surface area contributed by atoms with Crippen LogP contribution < -0.4 is 5.09 Å². The third kappa shape index (κ3) is 4.99. The van der Waals surface area contributed by atoms with Crippen molar-refractivity contribution in [2.45, 2.75) is 18.9 Å². The summed E-state index contributed by atoms with van der Waals surface area (Å²) < 4.78 is 0. The highest BCUT2D eigenvalue weighted by Crippen LogP contribution is 2.00. The summed E-state index contributed by atoms with van der Waals surface area (Å²) in [5.41, 5.74) is 0. The number of carbonyl (C=O) groups excluding carboxylic acids is 1. The average molecular weight is 189 g/mol.